The molecule has 0 atom stereocenters. The van der Waals surface area contributed by atoms with Crippen LogP contribution in [0, 0.1) is 11.3 Å². The fourth-order valence-electron chi connectivity index (χ4n) is 3.06. The van der Waals surface area contributed by atoms with Crippen LogP contribution in [0.15, 0.2) is 48.5 Å². The van der Waals surface area contributed by atoms with Gasteiger partial charge in [0, 0.05) is 0 Å². The Morgan fingerprint density at radius 1 is 1.07 bits per heavy atom. The van der Waals surface area contributed by atoms with Crippen molar-refractivity contribution < 1.29 is 9.76 Å². The number of fused-ring (bicyclic) bond motifs is 5. The van der Waals surface area contributed by atoms with Gasteiger partial charge in [0.1, 0.15) is 6.07 Å². The van der Waals surface area contributed by atoms with Crippen LogP contribution in [0.1, 0.15) is 33.3 Å². The molecule has 139 valence electrons. The summed E-state index contributed by atoms with van der Waals surface area (Å²) in [6, 6.07) is 17.9. The van der Waals surface area contributed by atoms with Gasteiger partial charge >= 0.3 is 7.48 Å². The Kier molecular flexibility index (Phi) is 4.18. The lowest BCUT2D eigenvalue weighted by atomic mass is 9.82. The highest BCUT2D eigenvalue weighted by Crippen LogP contribution is 2.26. The highest BCUT2D eigenvalue weighted by Gasteiger charge is 2.35. The summed E-state index contributed by atoms with van der Waals surface area (Å²) in [6.45, 7) is 7.16. The molecule has 0 saturated heterocycles. The maximum Gasteiger partial charge on any atom is 0.330 e. The SMILES string of the molecule is CC(C)(O)C(C)(C)O[B]c1ccc2cc(C#N)c3nc4ccccc4n3c2c1. The molecule has 4 aromatic rings. The van der Waals surface area contributed by atoms with Crippen LogP contribution in [0.5, 0.6) is 0 Å². The van der Waals surface area contributed by atoms with Gasteiger partial charge in [-0.25, -0.2) is 4.98 Å². The van der Waals surface area contributed by atoms with Crippen molar-refractivity contribution in [3.63, 3.8) is 0 Å². The lowest BCUT2D eigenvalue weighted by molar-refractivity contribution is -0.0893. The summed E-state index contributed by atoms with van der Waals surface area (Å²) >= 11 is 0. The first-order valence-corrected chi connectivity index (χ1v) is 9.19. The van der Waals surface area contributed by atoms with Crippen LogP contribution in [-0.4, -0.2) is 33.2 Å². The highest BCUT2D eigenvalue weighted by molar-refractivity contribution is 6.47. The van der Waals surface area contributed by atoms with Gasteiger partial charge in [-0.3, -0.25) is 4.40 Å². The van der Waals surface area contributed by atoms with Crippen LogP contribution in [-0.2, 0) is 4.65 Å². The number of para-hydroxylation sites is 2. The molecule has 0 aliphatic heterocycles. The third-order valence-electron chi connectivity index (χ3n) is 5.48. The van der Waals surface area contributed by atoms with Gasteiger partial charge in [-0.1, -0.05) is 29.7 Å². The maximum atomic E-state index is 10.3. The number of hydrogen-bond donors (Lipinski definition) is 1. The van der Waals surface area contributed by atoms with E-state index in [-0.39, 0.29) is 0 Å². The van der Waals surface area contributed by atoms with Gasteiger partial charge in [0.25, 0.3) is 0 Å². The zero-order valence-electron chi connectivity index (χ0n) is 16.4. The van der Waals surface area contributed by atoms with Crippen molar-refractivity contribution >= 4 is 40.5 Å². The number of rotatable bonds is 4. The summed E-state index contributed by atoms with van der Waals surface area (Å²) in [4.78, 5) is 4.65. The number of nitrogens with zero attached hydrogens (tertiary/aromatic N) is 3. The lowest BCUT2D eigenvalue weighted by Crippen LogP contribution is -2.49. The minimum Gasteiger partial charge on any atom is -0.427 e. The van der Waals surface area contributed by atoms with Gasteiger partial charge in [0.15, 0.2) is 5.65 Å². The molecule has 28 heavy (non-hydrogen) atoms. The van der Waals surface area contributed by atoms with Crippen LogP contribution >= 0.6 is 0 Å². The third-order valence-corrected chi connectivity index (χ3v) is 5.48. The van der Waals surface area contributed by atoms with E-state index in [0.717, 1.165) is 27.4 Å². The second-order valence-corrected chi connectivity index (χ2v) is 8.05. The standard InChI is InChI=1S/C22H21BN3O2/c1-21(2,27)22(3,4)28-23-16-10-9-14-11-15(13-24)20-25-17-7-5-6-8-18(17)26(20)19(14)12-16/h5-12,27H,1-4H3. The molecule has 5 nitrogen and oxygen atoms in total. The molecule has 6 heteroatoms. The first kappa shape index (κ1) is 18.5. The molecule has 2 heterocycles. The minimum atomic E-state index is -0.990. The summed E-state index contributed by atoms with van der Waals surface area (Å²) < 4.78 is 7.92. The van der Waals surface area contributed by atoms with Crippen molar-refractivity contribution in [3.05, 3.63) is 54.1 Å². The first-order chi connectivity index (χ1) is 13.2. The molecule has 0 bridgehead atoms. The Morgan fingerprint density at radius 2 is 1.82 bits per heavy atom. The van der Waals surface area contributed by atoms with Gasteiger partial charge in [-0.2, -0.15) is 5.26 Å². The van der Waals surface area contributed by atoms with E-state index in [1.165, 1.54) is 0 Å². The number of aromatic nitrogens is 2. The van der Waals surface area contributed by atoms with Gasteiger partial charge < -0.3 is 9.76 Å². The van der Waals surface area contributed by atoms with Crippen molar-refractivity contribution in [1.29, 1.82) is 5.26 Å². The zero-order valence-corrected chi connectivity index (χ0v) is 16.4. The lowest BCUT2D eigenvalue weighted by Gasteiger charge is -2.37. The van der Waals surface area contributed by atoms with Crippen LogP contribution < -0.4 is 5.46 Å². The van der Waals surface area contributed by atoms with Gasteiger partial charge in [0.05, 0.1) is 33.3 Å². The Balaban J connectivity index is 1.87. The molecule has 2 aromatic heterocycles. The molecule has 0 unspecified atom stereocenters. The fraction of sp³-hybridized carbons (Fsp3) is 0.273. The van der Waals surface area contributed by atoms with E-state index in [1.807, 2.05) is 66.8 Å². The molecular formula is C22H21BN3O2. The molecule has 1 radical (unpaired) electrons. The van der Waals surface area contributed by atoms with Gasteiger partial charge in [-0.15, -0.1) is 0 Å². The second kappa shape index (κ2) is 6.34. The van der Waals surface area contributed by atoms with E-state index in [4.69, 9.17) is 4.65 Å². The monoisotopic (exact) mass is 370 g/mol. The predicted octanol–water partition coefficient (Wildman–Crippen LogP) is 3.32. The maximum absolute atomic E-state index is 10.3. The van der Waals surface area contributed by atoms with E-state index in [9.17, 15) is 10.4 Å². The molecule has 0 aliphatic rings. The van der Waals surface area contributed by atoms with Crippen LogP contribution in [0.4, 0.5) is 0 Å². The third kappa shape index (κ3) is 2.93. The molecule has 0 aliphatic carbocycles. The fourth-order valence-corrected chi connectivity index (χ4v) is 3.06. The van der Waals surface area contributed by atoms with E-state index in [2.05, 4.69) is 11.1 Å². The molecule has 0 amide bonds. The number of nitriles is 1. The Bertz CT molecular complexity index is 1250. The Morgan fingerprint density at radius 3 is 2.54 bits per heavy atom. The van der Waals surface area contributed by atoms with Crippen molar-refractivity contribution in [2.75, 3.05) is 0 Å². The molecule has 0 spiro atoms. The summed E-state index contributed by atoms with van der Waals surface area (Å²) in [5.74, 6) is 0. The predicted molar refractivity (Wildman–Crippen MR) is 112 cm³/mol. The van der Waals surface area contributed by atoms with E-state index < -0.39 is 11.2 Å². The summed E-state index contributed by atoms with van der Waals surface area (Å²) in [6.07, 6.45) is 0. The minimum absolute atomic E-state index is 0.542. The normalized spacial score (nSPS) is 12.6. The van der Waals surface area contributed by atoms with Crippen molar-refractivity contribution in [3.8, 4) is 6.07 Å². The smallest absolute Gasteiger partial charge is 0.330 e. The number of aliphatic hydroxyl groups is 1. The van der Waals surface area contributed by atoms with Crippen LogP contribution in [0.3, 0.4) is 0 Å². The summed E-state index contributed by atoms with van der Waals surface area (Å²) in [5.41, 5.74) is 3.06. The first-order valence-electron chi connectivity index (χ1n) is 9.19. The number of hydrogen-bond acceptors (Lipinski definition) is 4. The van der Waals surface area contributed by atoms with Gasteiger partial charge in [-0.05, 0) is 57.3 Å². The van der Waals surface area contributed by atoms with Crippen LogP contribution in [0.25, 0.3) is 27.6 Å². The second-order valence-electron chi connectivity index (χ2n) is 8.05. The van der Waals surface area contributed by atoms with E-state index in [0.29, 0.717) is 11.2 Å². The van der Waals surface area contributed by atoms with Crippen LogP contribution in [0.2, 0.25) is 0 Å². The molecular weight excluding hydrogens is 349 g/mol. The quantitative estimate of drug-likeness (QED) is 0.560. The zero-order chi connectivity index (χ0) is 20.1. The number of imidazole rings is 1. The van der Waals surface area contributed by atoms with E-state index in [1.54, 1.807) is 21.3 Å². The van der Waals surface area contributed by atoms with Crippen molar-refractivity contribution in [1.82, 2.24) is 9.38 Å². The topological polar surface area (TPSA) is 70.5 Å². The molecule has 1 N–H and O–H groups in total. The summed E-state index contributed by atoms with van der Waals surface area (Å²) in [5, 5.41) is 20.8. The average Bonchev–Trinajstić information content (AvgIpc) is 3.04. The number of pyridine rings is 1. The largest absolute Gasteiger partial charge is 0.427 e. The van der Waals surface area contributed by atoms with Crippen molar-refractivity contribution in [2.45, 2.75) is 38.9 Å². The number of benzene rings is 2. The molecule has 0 saturated carbocycles. The molecule has 0 fully saturated rings. The van der Waals surface area contributed by atoms with Gasteiger partial charge in [0.2, 0.25) is 0 Å². The van der Waals surface area contributed by atoms with E-state index >= 15 is 0 Å². The molecule has 4 rings (SSSR count). The molecule has 2 aromatic carbocycles. The Hall–Kier alpha value is -2.88. The summed E-state index contributed by atoms with van der Waals surface area (Å²) in [7, 11) is 1.67. The highest BCUT2D eigenvalue weighted by atomic mass is 16.5. The Labute approximate surface area is 164 Å². The van der Waals surface area contributed by atoms with Crippen molar-refractivity contribution in [2.24, 2.45) is 0 Å². The average molecular weight is 370 g/mol.